The molecule has 1 fully saturated rings. The van der Waals surface area contributed by atoms with E-state index in [0.717, 1.165) is 40.9 Å². The van der Waals surface area contributed by atoms with Crippen LogP contribution in [0.25, 0.3) is 11.1 Å². The van der Waals surface area contributed by atoms with E-state index in [1.807, 2.05) is 54.3 Å². The van der Waals surface area contributed by atoms with Crippen LogP contribution in [0.4, 0.5) is 11.4 Å². The van der Waals surface area contributed by atoms with Gasteiger partial charge in [0.1, 0.15) is 0 Å². The summed E-state index contributed by atoms with van der Waals surface area (Å²) < 4.78 is 24.1. The third-order valence-electron chi connectivity index (χ3n) is 6.03. The Hall–Kier alpha value is -2.67. The molecule has 7 heteroatoms. The van der Waals surface area contributed by atoms with E-state index in [9.17, 15) is 18.0 Å². The van der Waals surface area contributed by atoms with Gasteiger partial charge in [-0.05, 0) is 48.6 Å². The second kappa shape index (κ2) is 8.11. The molecule has 1 aliphatic carbocycles. The number of amides is 2. The van der Waals surface area contributed by atoms with Crippen molar-refractivity contribution >= 4 is 33.0 Å². The number of hydrogen-bond acceptors (Lipinski definition) is 4. The summed E-state index contributed by atoms with van der Waals surface area (Å²) in [6.07, 6.45) is 1.84. The lowest BCUT2D eigenvalue weighted by atomic mass is 9.99. The highest BCUT2D eigenvalue weighted by molar-refractivity contribution is 7.90. The highest BCUT2D eigenvalue weighted by Gasteiger charge is 2.39. The zero-order valence-electron chi connectivity index (χ0n) is 18.2. The van der Waals surface area contributed by atoms with E-state index in [1.54, 1.807) is 18.7 Å². The van der Waals surface area contributed by atoms with Gasteiger partial charge in [0, 0.05) is 25.1 Å². The Morgan fingerprint density at radius 3 is 2.39 bits per heavy atom. The summed E-state index contributed by atoms with van der Waals surface area (Å²) in [6, 6.07) is 13.2. The molecule has 1 heterocycles. The van der Waals surface area contributed by atoms with E-state index in [2.05, 4.69) is 0 Å². The number of benzene rings is 2. The van der Waals surface area contributed by atoms with Crippen LogP contribution in [0, 0.1) is 5.92 Å². The smallest absolute Gasteiger partial charge is 0.230 e. The van der Waals surface area contributed by atoms with E-state index in [0.29, 0.717) is 6.54 Å². The van der Waals surface area contributed by atoms with Crippen LogP contribution in [0.1, 0.15) is 39.2 Å². The molecule has 164 valence electrons. The van der Waals surface area contributed by atoms with Crippen LogP contribution < -0.4 is 9.80 Å². The SMILES string of the molecule is CCS(=O)(=O)Cc1cccc(-c2ccc3c(c2)N(C(=O)C2CC2)C[C@H](C)N3C(C)=O)c1. The molecule has 0 N–H and O–H groups in total. The molecule has 1 atom stereocenters. The van der Waals surface area contributed by atoms with Crippen molar-refractivity contribution in [1.29, 1.82) is 0 Å². The van der Waals surface area contributed by atoms with Crippen LogP contribution in [0.15, 0.2) is 42.5 Å². The summed E-state index contributed by atoms with van der Waals surface area (Å²) in [5.74, 6) is 0.260. The Bertz CT molecular complexity index is 1140. The maximum Gasteiger partial charge on any atom is 0.230 e. The minimum absolute atomic E-state index is 0.00417. The molecular weight excluding hydrogens is 412 g/mol. The van der Waals surface area contributed by atoms with Crippen molar-refractivity contribution in [3.05, 3.63) is 48.0 Å². The zero-order valence-corrected chi connectivity index (χ0v) is 19.0. The largest absolute Gasteiger partial charge is 0.308 e. The van der Waals surface area contributed by atoms with Crippen molar-refractivity contribution in [2.75, 3.05) is 22.1 Å². The van der Waals surface area contributed by atoms with Crippen LogP contribution in [0.3, 0.4) is 0 Å². The van der Waals surface area contributed by atoms with Gasteiger partial charge in [-0.2, -0.15) is 0 Å². The molecule has 4 rings (SSSR count). The van der Waals surface area contributed by atoms with Gasteiger partial charge in [0.05, 0.1) is 23.2 Å². The van der Waals surface area contributed by atoms with Crippen LogP contribution in [-0.2, 0) is 25.2 Å². The van der Waals surface area contributed by atoms with Gasteiger partial charge in [-0.3, -0.25) is 9.59 Å². The Morgan fingerprint density at radius 1 is 1.03 bits per heavy atom. The second-order valence-electron chi connectivity index (χ2n) is 8.54. The summed E-state index contributed by atoms with van der Waals surface area (Å²) in [4.78, 5) is 28.9. The Balaban J connectivity index is 1.76. The summed E-state index contributed by atoms with van der Waals surface area (Å²) in [6.45, 7) is 5.63. The molecule has 1 saturated carbocycles. The van der Waals surface area contributed by atoms with E-state index >= 15 is 0 Å². The predicted molar refractivity (Wildman–Crippen MR) is 123 cm³/mol. The Labute approximate surface area is 183 Å². The lowest BCUT2D eigenvalue weighted by Crippen LogP contribution is -2.51. The summed E-state index contributed by atoms with van der Waals surface area (Å²) in [5, 5.41) is 0. The topological polar surface area (TPSA) is 74.8 Å². The van der Waals surface area contributed by atoms with E-state index < -0.39 is 9.84 Å². The molecule has 6 nitrogen and oxygen atoms in total. The number of anilines is 2. The van der Waals surface area contributed by atoms with Gasteiger partial charge in [-0.25, -0.2) is 8.42 Å². The maximum atomic E-state index is 13.0. The first-order valence-corrected chi connectivity index (χ1v) is 12.6. The van der Waals surface area contributed by atoms with Gasteiger partial charge in [0.25, 0.3) is 0 Å². The van der Waals surface area contributed by atoms with Crippen molar-refractivity contribution in [2.45, 2.75) is 45.4 Å². The minimum atomic E-state index is -3.13. The van der Waals surface area contributed by atoms with Gasteiger partial charge in [-0.15, -0.1) is 0 Å². The first-order chi connectivity index (χ1) is 14.7. The predicted octanol–water partition coefficient (Wildman–Crippen LogP) is 3.79. The Morgan fingerprint density at radius 2 is 1.74 bits per heavy atom. The third kappa shape index (κ3) is 4.37. The summed E-state index contributed by atoms with van der Waals surface area (Å²) >= 11 is 0. The maximum absolute atomic E-state index is 13.0. The standard InChI is InChI=1S/C24H28N2O4S/c1-4-31(29,30)15-18-6-5-7-20(12-18)21-10-11-22-23(13-21)25(24(28)19-8-9-19)14-16(2)26(22)17(3)27/h5-7,10-13,16,19H,4,8-9,14-15H2,1-3H3/t16-/m0/s1. The van der Waals surface area contributed by atoms with Gasteiger partial charge in [0.2, 0.25) is 11.8 Å². The van der Waals surface area contributed by atoms with Crippen molar-refractivity contribution in [1.82, 2.24) is 0 Å². The quantitative estimate of drug-likeness (QED) is 0.709. The highest BCUT2D eigenvalue weighted by Crippen LogP contribution is 2.42. The third-order valence-corrected chi connectivity index (χ3v) is 7.68. The number of fused-ring (bicyclic) bond motifs is 1. The van der Waals surface area contributed by atoms with Crippen molar-refractivity contribution in [3.63, 3.8) is 0 Å². The average molecular weight is 441 g/mol. The lowest BCUT2D eigenvalue weighted by molar-refractivity contribution is -0.120. The molecule has 2 amide bonds. The van der Waals surface area contributed by atoms with Gasteiger partial charge < -0.3 is 9.80 Å². The summed E-state index contributed by atoms with van der Waals surface area (Å²) in [7, 11) is -3.13. The fraction of sp³-hybridized carbons (Fsp3) is 0.417. The van der Waals surface area contributed by atoms with Crippen molar-refractivity contribution in [2.24, 2.45) is 5.92 Å². The molecular formula is C24H28N2O4S. The van der Waals surface area contributed by atoms with Crippen LogP contribution in [-0.4, -0.2) is 38.6 Å². The number of rotatable bonds is 5. The first kappa shape index (κ1) is 21.6. The molecule has 31 heavy (non-hydrogen) atoms. The zero-order chi connectivity index (χ0) is 22.3. The monoisotopic (exact) mass is 440 g/mol. The van der Waals surface area contributed by atoms with Gasteiger partial charge in [-0.1, -0.05) is 37.3 Å². The molecule has 0 saturated heterocycles. The van der Waals surface area contributed by atoms with Gasteiger partial charge in [0.15, 0.2) is 9.84 Å². The van der Waals surface area contributed by atoms with Crippen molar-refractivity contribution < 1.29 is 18.0 Å². The fourth-order valence-electron chi connectivity index (χ4n) is 4.24. The van der Waals surface area contributed by atoms with Gasteiger partial charge >= 0.3 is 0 Å². The minimum Gasteiger partial charge on any atom is -0.308 e. The lowest BCUT2D eigenvalue weighted by Gasteiger charge is -2.41. The number of sulfone groups is 1. The number of hydrogen-bond donors (Lipinski definition) is 0. The molecule has 0 spiro atoms. The summed E-state index contributed by atoms with van der Waals surface area (Å²) in [5.41, 5.74) is 4.00. The molecule has 0 unspecified atom stereocenters. The van der Waals surface area contributed by atoms with E-state index in [-0.39, 0.29) is 35.3 Å². The Kier molecular flexibility index (Phi) is 5.64. The average Bonchev–Trinajstić information content (AvgIpc) is 3.57. The fourth-order valence-corrected chi connectivity index (χ4v) is 5.13. The molecule has 1 aliphatic heterocycles. The highest BCUT2D eigenvalue weighted by atomic mass is 32.2. The first-order valence-electron chi connectivity index (χ1n) is 10.7. The van der Waals surface area contributed by atoms with E-state index in [4.69, 9.17) is 0 Å². The molecule has 2 aromatic rings. The van der Waals surface area contributed by atoms with Crippen molar-refractivity contribution in [3.8, 4) is 11.1 Å². The van der Waals surface area contributed by atoms with Crippen LogP contribution >= 0.6 is 0 Å². The van der Waals surface area contributed by atoms with Crippen LogP contribution in [0.5, 0.6) is 0 Å². The normalized spacial score (nSPS) is 18.6. The number of carbonyl (C=O) groups excluding carboxylic acids is 2. The molecule has 2 aliphatic rings. The van der Waals surface area contributed by atoms with Crippen LogP contribution in [0.2, 0.25) is 0 Å². The number of nitrogens with zero attached hydrogens (tertiary/aromatic N) is 2. The molecule has 2 aromatic carbocycles. The molecule has 0 bridgehead atoms. The second-order valence-corrected chi connectivity index (χ2v) is 10.9. The number of carbonyl (C=O) groups is 2. The van der Waals surface area contributed by atoms with E-state index in [1.165, 1.54) is 0 Å². The molecule has 0 aromatic heterocycles. The molecule has 0 radical (unpaired) electrons.